The van der Waals surface area contributed by atoms with Gasteiger partial charge in [-0.15, -0.1) is 11.3 Å². The maximum Gasteiger partial charge on any atom is 0.107 e. The minimum absolute atomic E-state index is 0.624. The third kappa shape index (κ3) is 3.26. The van der Waals surface area contributed by atoms with Gasteiger partial charge in [-0.3, -0.25) is 4.90 Å². The zero-order valence-corrected chi connectivity index (χ0v) is 10.7. The fraction of sp³-hybridized carbons (Fsp3) is 0.727. The molecule has 0 aliphatic heterocycles. The highest BCUT2D eigenvalue weighted by atomic mass is 32.1. The number of nitrogens with zero attached hydrogens (tertiary/aromatic N) is 2. The quantitative estimate of drug-likeness (QED) is 0.808. The lowest BCUT2D eigenvalue weighted by atomic mass is 10.3. The highest BCUT2D eigenvalue weighted by molar-refractivity contribution is 7.11. The smallest absolute Gasteiger partial charge is 0.107 e. The summed E-state index contributed by atoms with van der Waals surface area (Å²) in [5.41, 5.74) is 6.88. The molecule has 1 aromatic heterocycles. The SMILES string of the molecule is CCc1nc(CN(CC)CC)sc1CN. The van der Waals surface area contributed by atoms with Crippen molar-refractivity contribution in [3.63, 3.8) is 0 Å². The maximum atomic E-state index is 5.69. The Bertz CT molecular complexity index is 271. The average Bonchev–Trinajstić information content (AvgIpc) is 2.68. The molecule has 0 atom stereocenters. The van der Waals surface area contributed by atoms with E-state index in [1.165, 1.54) is 15.6 Å². The Kier molecular flexibility index (Phi) is 5.22. The standard InChI is InChI=1S/C11H21N3S/c1-4-9-10(7-12)15-11(13-9)8-14(5-2)6-3/h4-8,12H2,1-3H3. The molecule has 0 radical (unpaired) electrons. The van der Waals surface area contributed by atoms with Gasteiger partial charge in [0.15, 0.2) is 0 Å². The van der Waals surface area contributed by atoms with Gasteiger partial charge in [-0.25, -0.2) is 4.98 Å². The summed E-state index contributed by atoms with van der Waals surface area (Å²) in [6.07, 6.45) is 0.987. The van der Waals surface area contributed by atoms with Crippen molar-refractivity contribution in [3.8, 4) is 0 Å². The van der Waals surface area contributed by atoms with Gasteiger partial charge in [-0.05, 0) is 19.5 Å². The number of thiazole rings is 1. The first-order chi connectivity index (χ1) is 7.24. The van der Waals surface area contributed by atoms with Gasteiger partial charge < -0.3 is 5.73 Å². The number of hydrogen-bond donors (Lipinski definition) is 1. The molecule has 0 aromatic carbocycles. The summed E-state index contributed by atoms with van der Waals surface area (Å²) < 4.78 is 0. The summed E-state index contributed by atoms with van der Waals surface area (Å²) in [5.74, 6) is 0. The van der Waals surface area contributed by atoms with Crippen molar-refractivity contribution >= 4 is 11.3 Å². The van der Waals surface area contributed by atoms with Crippen molar-refractivity contribution in [2.75, 3.05) is 13.1 Å². The molecular weight excluding hydrogens is 206 g/mol. The minimum atomic E-state index is 0.624. The van der Waals surface area contributed by atoms with Gasteiger partial charge in [0, 0.05) is 11.4 Å². The second-order valence-corrected chi connectivity index (χ2v) is 4.66. The maximum absolute atomic E-state index is 5.69. The van der Waals surface area contributed by atoms with E-state index in [1.54, 1.807) is 11.3 Å². The van der Waals surface area contributed by atoms with E-state index in [-0.39, 0.29) is 0 Å². The van der Waals surface area contributed by atoms with Gasteiger partial charge >= 0.3 is 0 Å². The van der Waals surface area contributed by atoms with Gasteiger partial charge in [0.2, 0.25) is 0 Å². The topological polar surface area (TPSA) is 42.2 Å². The number of aromatic nitrogens is 1. The van der Waals surface area contributed by atoms with Crippen molar-refractivity contribution in [2.45, 2.75) is 40.3 Å². The van der Waals surface area contributed by atoms with Crippen molar-refractivity contribution in [1.82, 2.24) is 9.88 Å². The predicted molar refractivity (Wildman–Crippen MR) is 66.0 cm³/mol. The molecule has 0 aliphatic rings. The van der Waals surface area contributed by atoms with Crippen LogP contribution in [0, 0.1) is 0 Å². The van der Waals surface area contributed by atoms with Gasteiger partial charge in [-0.2, -0.15) is 0 Å². The lowest BCUT2D eigenvalue weighted by Gasteiger charge is -2.15. The second kappa shape index (κ2) is 6.20. The Morgan fingerprint density at radius 1 is 1.27 bits per heavy atom. The van der Waals surface area contributed by atoms with E-state index in [9.17, 15) is 0 Å². The van der Waals surface area contributed by atoms with Crippen LogP contribution in [-0.4, -0.2) is 23.0 Å². The lowest BCUT2D eigenvalue weighted by Crippen LogP contribution is -2.21. The summed E-state index contributed by atoms with van der Waals surface area (Å²) in [4.78, 5) is 8.26. The Morgan fingerprint density at radius 3 is 2.33 bits per heavy atom. The lowest BCUT2D eigenvalue weighted by molar-refractivity contribution is 0.295. The zero-order chi connectivity index (χ0) is 11.3. The fourth-order valence-electron chi connectivity index (χ4n) is 1.58. The monoisotopic (exact) mass is 227 g/mol. The molecule has 4 heteroatoms. The van der Waals surface area contributed by atoms with Crippen LogP contribution in [0.25, 0.3) is 0 Å². The summed E-state index contributed by atoms with van der Waals surface area (Å²) in [7, 11) is 0. The van der Waals surface area contributed by atoms with Crippen LogP contribution in [0.5, 0.6) is 0 Å². The second-order valence-electron chi connectivity index (χ2n) is 3.50. The summed E-state index contributed by atoms with van der Waals surface area (Å²) >= 11 is 1.77. The summed E-state index contributed by atoms with van der Waals surface area (Å²) in [6.45, 7) is 10.2. The van der Waals surface area contributed by atoms with Crippen molar-refractivity contribution < 1.29 is 0 Å². The molecule has 0 saturated heterocycles. The number of nitrogens with two attached hydrogens (primary N) is 1. The summed E-state index contributed by atoms with van der Waals surface area (Å²) in [6, 6.07) is 0. The van der Waals surface area contributed by atoms with Crippen LogP contribution in [0.4, 0.5) is 0 Å². The predicted octanol–water partition coefficient (Wildman–Crippen LogP) is 2.01. The van der Waals surface area contributed by atoms with Gasteiger partial charge in [0.1, 0.15) is 5.01 Å². The average molecular weight is 227 g/mol. The van der Waals surface area contributed by atoms with E-state index >= 15 is 0 Å². The normalized spacial score (nSPS) is 11.3. The molecular formula is C11H21N3S. The van der Waals surface area contributed by atoms with E-state index in [0.717, 1.165) is 26.1 Å². The van der Waals surface area contributed by atoms with Crippen LogP contribution in [0.2, 0.25) is 0 Å². The van der Waals surface area contributed by atoms with E-state index in [0.29, 0.717) is 6.54 Å². The molecule has 0 unspecified atom stereocenters. The zero-order valence-electron chi connectivity index (χ0n) is 9.92. The first kappa shape index (κ1) is 12.6. The van der Waals surface area contributed by atoms with Crippen LogP contribution in [-0.2, 0) is 19.5 Å². The molecule has 1 aromatic rings. The Hall–Kier alpha value is -0.450. The number of aryl methyl sites for hydroxylation is 1. The van der Waals surface area contributed by atoms with Gasteiger partial charge in [-0.1, -0.05) is 20.8 Å². The molecule has 0 aliphatic carbocycles. The molecule has 0 saturated carbocycles. The molecule has 0 amide bonds. The van der Waals surface area contributed by atoms with Gasteiger partial charge in [0.05, 0.1) is 12.2 Å². The van der Waals surface area contributed by atoms with E-state index < -0.39 is 0 Å². The summed E-state index contributed by atoms with van der Waals surface area (Å²) in [5, 5.41) is 1.20. The van der Waals surface area contributed by atoms with Crippen molar-refractivity contribution in [2.24, 2.45) is 5.73 Å². The highest BCUT2D eigenvalue weighted by Gasteiger charge is 2.10. The van der Waals surface area contributed by atoms with Crippen LogP contribution >= 0.6 is 11.3 Å². The van der Waals surface area contributed by atoms with Crippen LogP contribution in [0.15, 0.2) is 0 Å². The van der Waals surface area contributed by atoms with E-state index in [4.69, 9.17) is 5.73 Å². The molecule has 86 valence electrons. The Morgan fingerprint density at radius 2 is 1.93 bits per heavy atom. The molecule has 3 nitrogen and oxygen atoms in total. The number of rotatable bonds is 6. The van der Waals surface area contributed by atoms with Crippen molar-refractivity contribution in [3.05, 3.63) is 15.6 Å². The fourth-order valence-corrected chi connectivity index (χ4v) is 2.66. The molecule has 15 heavy (non-hydrogen) atoms. The molecule has 0 spiro atoms. The largest absolute Gasteiger partial charge is 0.326 e. The molecule has 0 bridgehead atoms. The highest BCUT2D eigenvalue weighted by Crippen LogP contribution is 2.19. The third-order valence-corrected chi connectivity index (χ3v) is 3.70. The first-order valence-electron chi connectivity index (χ1n) is 5.64. The number of hydrogen-bond acceptors (Lipinski definition) is 4. The third-order valence-electron chi connectivity index (χ3n) is 2.60. The van der Waals surface area contributed by atoms with E-state index in [2.05, 4.69) is 30.7 Å². The van der Waals surface area contributed by atoms with Gasteiger partial charge in [0.25, 0.3) is 0 Å². The van der Waals surface area contributed by atoms with Crippen LogP contribution in [0.1, 0.15) is 36.3 Å². The first-order valence-corrected chi connectivity index (χ1v) is 6.46. The van der Waals surface area contributed by atoms with E-state index in [1.807, 2.05) is 0 Å². The minimum Gasteiger partial charge on any atom is -0.326 e. The molecule has 1 rings (SSSR count). The van der Waals surface area contributed by atoms with Crippen LogP contribution < -0.4 is 5.73 Å². The Labute approximate surface area is 96.3 Å². The van der Waals surface area contributed by atoms with Crippen LogP contribution in [0.3, 0.4) is 0 Å². The molecule has 0 fully saturated rings. The molecule has 2 N–H and O–H groups in total. The molecule has 1 heterocycles. The van der Waals surface area contributed by atoms with Crippen molar-refractivity contribution in [1.29, 1.82) is 0 Å². The Balaban J connectivity index is 2.73.